The highest BCUT2D eigenvalue weighted by Crippen LogP contribution is 2.42. The fourth-order valence-electron chi connectivity index (χ4n) is 3.15. The minimum absolute atomic E-state index is 0.0447. The van der Waals surface area contributed by atoms with Crippen molar-refractivity contribution in [1.29, 1.82) is 0 Å². The molecule has 8 heteroatoms. The molecule has 166 valence electrons. The number of hydrogen-bond donors (Lipinski definition) is 0. The first kappa shape index (κ1) is 24.2. The van der Waals surface area contributed by atoms with Crippen LogP contribution in [0.3, 0.4) is 0 Å². The Morgan fingerprint density at radius 3 is 2.34 bits per heavy atom. The van der Waals surface area contributed by atoms with Gasteiger partial charge in [-0.15, -0.1) is 0 Å². The number of carbonyl (C=O) groups excluding carboxylic acids is 1. The molecule has 2 fully saturated rings. The van der Waals surface area contributed by atoms with Crippen LogP contribution in [0, 0.1) is 0 Å². The Morgan fingerprint density at radius 1 is 1.24 bits per heavy atom. The van der Waals surface area contributed by atoms with Crippen molar-refractivity contribution in [3.05, 3.63) is 24.8 Å². The fraction of sp³-hybridized carbons (Fsp3) is 0.762. The molecule has 0 bridgehead atoms. The maximum absolute atomic E-state index is 12.0. The third-order valence-corrected chi connectivity index (χ3v) is 10.3. The second kappa shape index (κ2) is 8.61. The highest BCUT2D eigenvalue weighted by Gasteiger charge is 2.58. The second-order valence-electron chi connectivity index (χ2n) is 9.54. The summed E-state index contributed by atoms with van der Waals surface area (Å²) < 4.78 is 35.3. The molecule has 0 aliphatic carbocycles. The standard InChI is InChI=1S/C21H36O7Si/c1-11-14(22)25-15(13(2)12-24-29(9,10)20(3,4)5)16-17-18(19(23-8)26-16)28-21(6,7)27-17/h11,15-19H,1-2,12H2,3-10H3/t15-,16-,17+,18+,19+/m1/s1. The molecule has 2 heterocycles. The maximum Gasteiger partial charge on any atom is 0.330 e. The molecule has 5 atom stereocenters. The van der Waals surface area contributed by atoms with Crippen LogP contribution in [0.2, 0.25) is 18.1 Å². The second-order valence-corrected chi connectivity index (χ2v) is 14.3. The summed E-state index contributed by atoms with van der Waals surface area (Å²) in [7, 11) is -0.474. The minimum Gasteiger partial charge on any atom is -0.452 e. The summed E-state index contributed by atoms with van der Waals surface area (Å²) in [6.07, 6.45) is -1.83. The lowest BCUT2D eigenvalue weighted by molar-refractivity contribution is -0.236. The monoisotopic (exact) mass is 428 g/mol. The number of ether oxygens (including phenoxy) is 5. The summed E-state index contributed by atoms with van der Waals surface area (Å²) in [5, 5.41) is 0.0447. The lowest BCUT2D eigenvalue weighted by Gasteiger charge is -2.37. The largest absolute Gasteiger partial charge is 0.452 e. The van der Waals surface area contributed by atoms with E-state index in [-0.39, 0.29) is 11.6 Å². The van der Waals surface area contributed by atoms with Gasteiger partial charge in [-0.05, 0) is 37.6 Å². The average Bonchev–Trinajstić information content (AvgIpc) is 3.09. The van der Waals surface area contributed by atoms with Crippen molar-refractivity contribution >= 4 is 14.3 Å². The van der Waals surface area contributed by atoms with E-state index >= 15 is 0 Å². The van der Waals surface area contributed by atoms with Gasteiger partial charge in [-0.25, -0.2) is 4.79 Å². The van der Waals surface area contributed by atoms with E-state index in [2.05, 4.69) is 47.0 Å². The summed E-state index contributed by atoms with van der Waals surface area (Å²) in [5.41, 5.74) is 0.596. The predicted octanol–water partition coefficient (Wildman–Crippen LogP) is 3.55. The molecule has 0 aromatic rings. The van der Waals surface area contributed by atoms with E-state index < -0.39 is 50.8 Å². The smallest absolute Gasteiger partial charge is 0.330 e. The molecule has 0 amide bonds. The Kier molecular flexibility index (Phi) is 7.19. The normalized spacial score (nSPS) is 29.9. The van der Waals surface area contributed by atoms with Gasteiger partial charge in [0.15, 0.2) is 26.5 Å². The Labute approximate surface area is 175 Å². The predicted molar refractivity (Wildman–Crippen MR) is 112 cm³/mol. The van der Waals surface area contributed by atoms with Gasteiger partial charge < -0.3 is 28.1 Å². The molecule has 2 aliphatic heterocycles. The SMILES string of the molecule is C=CC(=O)O[C@H](C(=C)CO[Si](C)(C)C(C)(C)C)[C@H]1O[C@H](OC)[C@H]2OC(C)(C)O[C@H]21. The van der Waals surface area contributed by atoms with Gasteiger partial charge in [-0.3, -0.25) is 0 Å². The molecule has 0 aromatic carbocycles. The van der Waals surface area contributed by atoms with Gasteiger partial charge in [-0.1, -0.05) is 33.9 Å². The van der Waals surface area contributed by atoms with Gasteiger partial charge in [0.25, 0.3) is 0 Å². The number of carbonyl (C=O) groups is 1. The average molecular weight is 429 g/mol. The van der Waals surface area contributed by atoms with Gasteiger partial charge in [0.2, 0.25) is 0 Å². The van der Waals surface area contributed by atoms with Gasteiger partial charge in [0, 0.05) is 13.2 Å². The van der Waals surface area contributed by atoms with Crippen LogP contribution in [-0.4, -0.2) is 64.5 Å². The lowest BCUT2D eigenvalue weighted by Crippen LogP contribution is -2.45. The molecule has 7 nitrogen and oxygen atoms in total. The van der Waals surface area contributed by atoms with Crippen molar-refractivity contribution in [2.24, 2.45) is 0 Å². The third-order valence-electron chi connectivity index (χ3n) is 5.81. The van der Waals surface area contributed by atoms with Crippen molar-refractivity contribution in [1.82, 2.24) is 0 Å². The summed E-state index contributed by atoms with van der Waals surface area (Å²) in [6, 6.07) is 0. The van der Waals surface area contributed by atoms with Crippen molar-refractivity contribution < 1.29 is 32.9 Å². The van der Waals surface area contributed by atoms with Crippen LogP contribution in [0.4, 0.5) is 0 Å². The van der Waals surface area contributed by atoms with Gasteiger partial charge in [-0.2, -0.15) is 0 Å². The summed E-state index contributed by atoms with van der Waals surface area (Å²) in [5.74, 6) is -1.36. The summed E-state index contributed by atoms with van der Waals surface area (Å²) in [4.78, 5) is 12.0. The van der Waals surface area contributed by atoms with E-state index in [1.807, 2.05) is 13.8 Å². The molecule has 0 spiro atoms. The molecule has 29 heavy (non-hydrogen) atoms. The number of fused-ring (bicyclic) bond motifs is 1. The van der Waals surface area contributed by atoms with Crippen LogP contribution in [0.1, 0.15) is 34.6 Å². The Morgan fingerprint density at radius 2 is 1.83 bits per heavy atom. The number of esters is 1. The van der Waals surface area contributed by atoms with E-state index in [4.69, 9.17) is 28.1 Å². The first-order chi connectivity index (χ1) is 13.2. The molecule has 2 rings (SSSR count). The third kappa shape index (κ3) is 5.37. The molecular formula is C21H36O7Si. The van der Waals surface area contributed by atoms with Crippen molar-refractivity contribution in [3.8, 4) is 0 Å². The van der Waals surface area contributed by atoms with Crippen molar-refractivity contribution in [2.75, 3.05) is 13.7 Å². The van der Waals surface area contributed by atoms with Crippen LogP contribution in [0.15, 0.2) is 24.8 Å². The highest BCUT2D eigenvalue weighted by atomic mass is 28.4. The number of rotatable bonds is 8. The first-order valence-electron chi connectivity index (χ1n) is 9.91. The zero-order valence-corrected chi connectivity index (χ0v) is 19.9. The zero-order chi connectivity index (χ0) is 22.2. The molecule has 0 aromatic heterocycles. The molecule has 0 unspecified atom stereocenters. The van der Waals surface area contributed by atoms with E-state index in [0.717, 1.165) is 6.08 Å². The van der Waals surface area contributed by atoms with Crippen LogP contribution in [0.25, 0.3) is 0 Å². The molecular weight excluding hydrogens is 392 g/mol. The topological polar surface area (TPSA) is 72.5 Å². The van der Waals surface area contributed by atoms with Gasteiger partial charge in [0.1, 0.15) is 18.3 Å². The molecule has 0 radical (unpaired) electrons. The molecule has 2 aliphatic rings. The first-order valence-corrected chi connectivity index (χ1v) is 12.8. The molecule has 2 saturated heterocycles. The Bertz CT molecular complexity index is 637. The zero-order valence-electron chi connectivity index (χ0n) is 18.9. The Balaban J connectivity index is 2.22. The van der Waals surface area contributed by atoms with Crippen molar-refractivity contribution in [2.45, 2.75) is 89.2 Å². The molecule has 0 N–H and O–H groups in total. The van der Waals surface area contributed by atoms with Crippen LogP contribution < -0.4 is 0 Å². The van der Waals surface area contributed by atoms with Gasteiger partial charge in [0.05, 0.1) is 6.61 Å². The van der Waals surface area contributed by atoms with E-state index in [0.29, 0.717) is 5.57 Å². The molecule has 0 saturated carbocycles. The lowest BCUT2D eigenvalue weighted by atomic mass is 10.0. The quantitative estimate of drug-likeness (QED) is 0.253. The van der Waals surface area contributed by atoms with Crippen LogP contribution >= 0.6 is 0 Å². The van der Waals surface area contributed by atoms with E-state index in [1.165, 1.54) is 0 Å². The van der Waals surface area contributed by atoms with Crippen molar-refractivity contribution in [3.63, 3.8) is 0 Å². The minimum atomic E-state index is -2.01. The van der Waals surface area contributed by atoms with Gasteiger partial charge >= 0.3 is 5.97 Å². The maximum atomic E-state index is 12.0. The Hall–Kier alpha value is -1.03. The summed E-state index contributed by atoms with van der Waals surface area (Å²) >= 11 is 0. The van der Waals surface area contributed by atoms with E-state index in [1.54, 1.807) is 7.11 Å². The summed E-state index contributed by atoms with van der Waals surface area (Å²) in [6.45, 7) is 22.3. The van der Waals surface area contributed by atoms with Crippen LogP contribution in [-0.2, 0) is 32.9 Å². The fourth-order valence-corrected chi connectivity index (χ4v) is 4.13. The number of hydrogen-bond acceptors (Lipinski definition) is 7. The van der Waals surface area contributed by atoms with Crippen LogP contribution in [0.5, 0.6) is 0 Å². The van der Waals surface area contributed by atoms with E-state index in [9.17, 15) is 4.79 Å². The highest BCUT2D eigenvalue weighted by molar-refractivity contribution is 6.74. The number of methoxy groups -OCH3 is 1.